The maximum atomic E-state index is 13.3. The number of rotatable bonds is 5. The molecule has 1 aliphatic heterocycles. The summed E-state index contributed by atoms with van der Waals surface area (Å²) in [5.74, 6) is -3.31. The number of hydrogen-bond acceptors (Lipinski definition) is 5. The fourth-order valence-electron chi connectivity index (χ4n) is 2.24. The van der Waals surface area contributed by atoms with Crippen LogP contribution < -0.4 is 4.74 Å². The van der Waals surface area contributed by atoms with Crippen LogP contribution >= 0.6 is 0 Å². The number of ketones is 1. The first-order valence-corrected chi connectivity index (χ1v) is 6.83. The van der Waals surface area contributed by atoms with E-state index < -0.39 is 42.0 Å². The predicted molar refractivity (Wildman–Crippen MR) is 76.4 cm³/mol. The number of Topliss-reactive ketones (excluding diaryl/α,β-unsaturated/α-hetero) is 1. The molecule has 0 aromatic heterocycles. The van der Waals surface area contributed by atoms with Gasteiger partial charge >= 0.3 is 17.8 Å². The van der Waals surface area contributed by atoms with E-state index in [1.54, 1.807) is 13.8 Å². The van der Waals surface area contributed by atoms with Gasteiger partial charge in [0.05, 0.1) is 19.2 Å². The minimum atomic E-state index is -1.08. The van der Waals surface area contributed by atoms with Crippen LogP contribution in [0.5, 0.6) is 5.75 Å². The Labute approximate surface area is 131 Å². The van der Waals surface area contributed by atoms with Crippen LogP contribution in [0.25, 0.3) is 0 Å². The van der Waals surface area contributed by atoms with Crippen molar-refractivity contribution < 1.29 is 28.3 Å². The third kappa shape index (κ3) is 2.92. The quantitative estimate of drug-likeness (QED) is 0.462. The first kappa shape index (κ1) is 16.6. The van der Waals surface area contributed by atoms with Crippen LogP contribution in [0, 0.1) is 5.82 Å². The van der Waals surface area contributed by atoms with Crippen LogP contribution in [0.4, 0.5) is 9.18 Å². The molecular weight excluding hydrogens is 307 g/mol. The van der Waals surface area contributed by atoms with Crippen molar-refractivity contribution in [1.29, 1.82) is 0 Å². The van der Waals surface area contributed by atoms with Crippen molar-refractivity contribution in [3.05, 3.63) is 29.6 Å². The largest absolute Gasteiger partial charge is 0.496 e. The molecule has 1 aromatic rings. The summed E-state index contributed by atoms with van der Waals surface area (Å²) in [7, 11) is 1.31. The normalized spacial score (nSPS) is 14.9. The highest BCUT2D eigenvalue weighted by atomic mass is 19.1. The molecule has 0 N–H and O–H groups in total. The number of halogens is 1. The maximum absolute atomic E-state index is 13.3. The van der Waals surface area contributed by atoms with Crippen LogP contribution in [-0.2, 0) is 9.59 Å². The number of carbonyl (C=O) groups is 4. The Morgan fingerprint density at radius 1 is 1.22 bits per heavy atom. The van der Waals surface area contributed by atoms with Gasteiger partial charge in [-0.25, -0.2) is 14.1 Å². The van der Waals surface area contributed by atoms with E-state index in [2.05, 4.69) is 0 Å². The van der Waals surface area contributed by atoms with Crippen LogP contribution in [0.3, 0.4) is 0 Å². The lowest BCUT2D eigenvalue weighted by Crippen LogP contribution is -2.39. The smallest absolute Gasteiger partial charge is 0.334 e. The molecule has 0 saturated carbocycles. The molecule has 0 atom stereocenters. The molecule has 0 radical (unpaired) electrons. The van der Waals surface area contributed by atoms with Crippen molar-refractivity contribution >= 4 is 23.6 Å². The molecule has 0 bridgehead atoms. The van der Waals surface area contributed by atoms with Gasteiger partial charge in [0.25, 0.3) is 0 Å². The molecule has 0 spiro atoms. The topological polar surface area (TPSA) is 84.0 Å². The summed E-state index contributed by atoms with van der Waals surface area (Å²) in [5.41, 5.74) is -0.108. The summed E-state index contributed by atoms with van der Waals surface area (Å²) in [6.45, 7) is 2.49. The zero-order valence-corrected chi connectivity index (χ0v) is 12.8. The summed E-state index contributed by atoms with van der Waals surface area (Å²) in [5, 5.41) is 0. The lowest BCUT2D eigenvalue weighted by molar-refractivity contribution is -0.143. The highest BCUT2D eigenvalue weighted by Crippen LogP contribution is 2.22. The van der Waals surface area contributed by atoms with Crippen molar-refractivity contribution in [2.45, 2.75) is 19.9 Å². The van der Waals surface area contributed by atoms with Gasteiger partial charge in [-0.3, -0.25) is 19.3 Å². The minimum Gasteiger partial charge on any atom is -0.496 e. The molecule has 0 unspecified atom stereocenters. The minimum absolute atomic E-state index is 0.108. The van der Waals surface area contributed by atoms with Gasteiger partial charge < -0.3 is 4.74 Å². The van der Waals surface area contributed by atoms with E-state index in [9.17, 15) is 23.6 Å². The van der Waals surface area contributed by atoms with Crippen molar-refractivity contribution in [1.82, 2.24) is 9.80 Å². The number of carbonyl (C=O) groups excluding carboxylic acids is 4. The molecule has 1 saturated heterocycles. The van der Waals surface area contributed by atoms with Crippen LogP contribution in [0.15, 0.2) is 18.2 Å². The highest BCUT2D eigenvalue weighted by molar-refractivity contribution is 6.45. The van der Waals surface area contributed by atoms with E-state index >= 15 is 0 Å². The number of amides is 4. The molecule has 23 heavy (non-hydrogen) atoms. The fourth-order valence-corrected chi connectivity index (χ4v) is 2.24. The van der Waals surface area contributed by atoms with Crippen LogP contribution in [-0.4, -0.2) is 53.1 Å². The lowest BCUT2D eigenvalue weighted by atomic mass is 10.1. The second-order valence-corrected chi connectivity index (χ2v) is 5.21. The van der Waals surface area contributed by atoms with Gasteiger partial charge in [-0.2, -0.15) is 0 Å². The fraction of sp³-hybridized carbons (Fsp3) is 0.333. The zero-order valence-electron chi connectivity index (χ0n) is 12.8. The molecule has 4 amide bonds. The molecule has 0 aliphatic carbocycles. The third-order valence-corrected chi connectivity index (χ3v) is 3.36. The highest BCUT2D eigenvalue weighted by Gasteiger charge is 2.46. The molecule has 2 rings (SSSR count). The van der Waals surface area contributed by atoms with E-state index in [0.29, 0.717) is 4.90 Å². The molecule has 7 nitrogen and oxygen atoms in total. The first-order chi connectivity index (χ1) is 10.8. The summed E-state index contributed by atoms with van der Waals surface area (Å²) in [4.78, 5) is 49.4. The standard InChI is InChI=1S/C15H15FN2O5/c1-8(2)18-14(21)13(20)17(15(18)22)7-11(19)10-6-9(16)4-5-12(10)23-3/h4-6,8H,7H2,1-3H3. The Morgan fingerprint density at radius 3 is 2.39 bits per heavy atom. The predicted octanol–water partition coefficient (Wildman–Crippen LogP) is 1.22. The number of benzene rings is 1. The monoisotopic (exact) mass is 322 g/mol. The van der Waals surface area contributed by atoms with Gasteiger partial charge in [-0.05, 0) is 32.0 Å². The van der Waals surface area contributed by atoms with E-state index in [0.717, 1.165) is 17.0 Å². The average Bonchev–Trinajstić information content (AvgIpc) is 2.70. The summed E-state index contributed by atoms with van der Waals surface area (Å²) < 4.78 is 18.3. The van der Waals surface area contributed by atoms with E-state index in [1.165, 1.54) is 13.2 Å². The molecular formula is C15H15FN2O5. The maximum Gasteiger partial charge on any atom is 0.334 e. The molecule has 8 heteroatoms. The second-order valence-electron chi connectivity index (χ2n) is 5.21. The molecule has 1 aromatic carbocycles. The van der Waals surface area contributed by atoms with Crippen LogP contribution in [0.1, 0.15) is 24.2 Å². The lowest BCUT2D eigenvalue weighted by Gasteiger charge is -2.18. The van der Waals surface area contributed by atoms with Crippen molar-refractivity contribution in [3.8, 4) is 5.75 Å². The van der Waals surface area contributed by atoms with Gasteiger partial charge in [0.2, 0.25) is 0 Å². The SMILES string of the molecule is COc1ccc(F)cc1C(=O)CN1C(=O)C(=O)N(C(C)C)C1=O. The van der Waals surface area contributed by atoms with Crippen molar-refractivity contribution in [2.24, 2.45) is 0 Å². The Bertz CT molecular complexity index is 701. The zero-order chi connectivity index (χ0) is 17.3. The number of imide groups is 2. The molecule has 122 valence electrons. The molecule has 1 aliphatic rings. The van der Waals surface area contributed by atoms with Gasteiger partial charge in [-0.15, -0.1) is 0 Å². The number of ether oxygens (including phenoxy) is 1. The van der Waals surface area contributed by atoms with E-state index in [4.69, 9.17) is 4.74 Å². The summed E-state index contributed by atoms with van der Waals surface area (Å²) in [6.07, 6.45) is 0. The van der Waals surface area contributed by atoms with Gasteiger partial charge in [-0.1, -0.05) is 0 Å². The number of urea groups is 1. The third-order valence-electron chi connectivity index (χ3n) is 3.36. The van der Waals surface area contributed by atoms with E-state index in [1.807, 2.05) is 0 Å². The van der Waals surface area contributed by atoms with E-state index in [-0.39, 0.29) is 11.3 Å². The summed E-state index contributed by atoms with van der Waals surface area (Å²) in [6, 6.07) is 1.96. The van der Waals surface area contributed by atoms with Gasteiger partial charge in [0.1, 0.15) is 11.6 Å². The number of methoxy groups -OCH3 is 1. The Hall–Kier alpha value is -2.77. The molecule has 1 heterocycles. The Balaban J connectivity index is 2.27. The first-order valence-electron chi connectivity index (χ1n) is 6.83. The van der Waals surface area contributed by atoms with Crippen molar-refractivity contribution in [3.63, 3.8) is 0 Å². The average molecular weight is 322 g/mol. The Morgan fingerprint density at radius 2 is 1.87 bits per heavy atom. The van der Waals surface area contributed by atoms with Crippen LogP contribution in [0.2, 0.25) is 0 Å². The van der Waals surface area contributed by atoms with Crippen molar-refractivity contribution in [2.75, 3.05) is 13.7 Å². The second kappa shape index (κ2) is 6.15. The Kier molecular flexibility index (Phi) is 4.44. The number of nitrogens with zero attached hydrogens (tertiary/aromatic N) is 2. The van der Waals surface area contributed by atoms with Gasteiger partial charge in [0.15, 0.2) is 5.78 Å². The summed E-state index contributed by atoms with van der Waals surface area (Å²) >= 11 is 0. The van der Waals surface area contributed by atoms with Gasteiger partial charge in [0, 0.05) is 6.04 Å². The number of hydrogen-bond donors (Lipinski definition) is 0. The molecule has 1 fully saturated rings.